The summed E-state index contributed by atoms with van der Waals surface area (Å²) in [7, 11) is 0. The number of hydrogen-bond donors (Lipinski definition) is 0. The minimum atomic E-state index is -0.310. The molecule has 0 bridgehead atoms. The van der Waals surface area contributed by atoms with Crippen LogP contribution in [0.3, 0.4) is 0 Å². The van der Waals surface area contributed by atoms with Gasteiger partial charge in [0.05, 0.1) is 12.2 Å². The second-order valence-electron chi connectivity index (χ2n) is 6.97. The van der Waals surface area contributed by atoms with Gasteiger partial charge in [-0.05, 0) is 36.2 Å². The normalized spacial score (nSPS) is 12.3. The lowest BCUT2D eigenvalue weighted by Crippen LogP contribution is -2.16. The van der Waals surface area contributed by atoms with Crippen molar-refractivity contribution in [3.8, 4) is 17.2 Å². The van der Waals surface area contributed by atoms with E-state index in [1.54, 1.807) is 19.1 Å². The van der Waals surface area contributed by atoms with Gasteiger partial charge in [0.1, 0.15) is 25.6 Å². The van der Waals surface area contributed by atoms with Crippen molar-refractivity contribution in [2.24, 2.45) is 0 Å². The highest BCUT2D eigenvalue weighted by Crippen LogP contribution is 2.38. The molecule has 30 heavy (non-hydrogen) atoms. The van der Waals surface area contributed by atoms with Crippen LogP contribution < -0.4 is 14.2 Å². The molecule has 0 fully saturated rings. The lowest BCUT2D eigenvalue weighted by Gasteiger charge is -2.21. The van der Waals surface area contributed by atoms with E-state index in [4.69, 9.17) is 18.9 Å². The summed E-state index contributed by atoms with van der Waals surface area (Å²) < 4.78 is 22.7. The lowest BCUT2D eigenvalue weighted by atomic mass is 10.0. The summed E-state index contributed by atoms with van der Waals surface area (Å²) >= 11 is 0. The second-order valence-corrected chi connectivity index (χ2v) is 6.97. The van der Waals surface area contributed by atoms with Gasteiger partial charge in [-0.2, -0.15) is 0 Å². The molecule has 0 unspecified atom stereocenters. The van der Waals surface area contributed by atoms with E-state index in [9.17, 15) is 4.79 Å². The minimum absolute atomic E-state index is 0.310. The van der Waals surface area contributed by atoms with Crippen molar-refractivity contribution in [3.63, 3.8) is 0 Å². The predicted octanol–water partition coefficient (Wildman–Crippen LogP) is 4.80. The van der Waals surface area contributed by atoms with E-state index in [0.717, 1.165) is 28.2 Å². The van der Waals surface area contributed by atoms with E-state index >= 15 is 0 Å². The van der Waals surface area contributed by atoms with Crippen molar-refractivity contribution in [3.05, 3.63) is 89.0 Å². The highest BCUT2D eigenvalue weighted by Gasteiger charge is 2.17. The molecule has 0 atom stereocenters. The summed E-state index contributed by atoms with van der Waals surface area (Å²) in [6, 6.07) is 21.4. The maximum Gasteiger partial charge on any atom is 0.338 e. The second kappa shape index (κ2) is 9.35. The van der Waals surface area contributed by atoms with Gasteiger partial charge in [-0.15, -0.1) is 0 Å². The van der Waals surface area contributed by atoms with Gasteiger partial charge in [0, 0.05) is 18.1 Å². The highest BCUT2D eigenvalue weighted by molar-refractivity contribution is 5.89. The molecule has 3 aromatic carbocycles. The van der Waals surface area contributed by atoms with Gasteiger partial charge in [-0.3, -0.25) is 0 Å². The molecule has 0 saturated heterocycles. The van der Waals surface area contributed by atoms with E-state index in [1.807, 2.05) is 54.6 Å². The lowest BCUT2D eigenvalue weighted by molar-refractivity contribution is 0.0526. The molecular weight excluding hydrogens is 380 g/mol. The maximum atomic E-state index is 11.9. The first-order chi connectivity index (χ1) is 14.7. The molecule has 0 radical (unpaired) electrons. The molecule has 5 heteroatoms. The number of rotatable bonds is 7. The predicted molar refractivity (Wildman–Crippen MR) is 113 cm³/mol. The van der Waals surface area contributed by atoms with Crippen LogP contribution in [0.5, 0.6) is 17.2 Å². The van der Waals surface area contributed by atoms with Crippen LogP contribution in [0.25, 0.3) is 0 Å². The topological polar surface area (TPSA) is 54.0 Å². The summed E-state index contributed by atoms with van der Waals surface area (Å²) in [6.07, 6.45) is 0.643. The quantitative estimate of drug-likeness (QED) is 0.529. The Morgan fingerprint density at radius 2 is 1.60 bits per heavy atom. The standard InChI is InChI=1S/C25H24O5/c1-2-27-25(26)20-10-8-18(9-11-20)14-21-15-23-24(29-13-12-28-23)16-22(21)30-17-19-6-4-3-5-7-19/h3-11,15-16H,2,12-14,17H2,1H3. The van der Waals surface area contributed by atoms with Crippen molar-refractivity contribution in [2.45, 2.75) is 20.0 Å². The van der Waals surface area contributed by atoms with E-state index in [-0.39, 0.29) is 5.97 Å². The van der Waals surface area contributed by atoms with Crippen LogP contribution >= 0.6 is 0 Å². The Balaban J connectivity index is 1.56. The Labute approximate surface area is 176 Å². The molecule has 0 amide bonds. The van der Waals surface area contributed by atoms with Gasteiger partial charge in [0.15, 0.2) is 11.5 Å². The SMILES string of the molecule is CCOC(=O)c1ccc(Cc2cc3c(cc2OCc2ccccc2)OCCO3)cc1. The largest absolute Gasteiger partial charge is 0.488 e. The van der Waals surface area contributed by atoms with Gasteiger partial charge in [-0.1, -0.05) is 42.5 Å². The van der Waals surface area contributed by atoms with Crippen LogP contribution in [0.4, 0.5) is 0 Å². The van der Waals surface area contributed by atoms with Crippen LogP contribution in [0.15, 0.2) is 66.7 Å². The van der Waals surface area contributed by atoms with E-state index in [0.29, 0.717) is 44.2 Å². The number of esters is 1. The Kier molecular flexibility index (Phi) is 6.18. The Hall–Kier alpha value is -3.47. The molecule has 0 spiro atoms. The summed E-state index contributed by atoms with van der Waals surface area (Å²) in [6.45, 7) is 3.69. The zero-order chi connectivity index (χ0) is 20.8. The molecule has 4 rings (SSSR count). The molecule has 1 heterocycles. The van der Waals surface area contributed by atoms with E-state index < -0.39 is 0 Å². The summed E-state index contributed by atoms with van der Waals surface area (Å²) in [5.74, 6) is 1.88. The summed E-state index contributed by atoms with van der Waals surface area (Å²) in [5.41, 5.74) is 3.70. The zero-order valence-corrected chi connectivity index (χ0v) is 16.9. The number of carbonyl (C=O) groups excluding carboxylic acids is 1. The Morgan fingerprint density at radius 3 is 2.30 bits per heavy atom. The Morgan fingerprint density at radius 1 is 0.900 bits per heavy atom. The van der Waals surface area contributed by atoms with E-state index in [2.05, 4.69) is 0 Å². The average molecular weight is 404 g/mol. The fourth-order valence-corrected chi connectivity index (χ4v) is 3.31. The molecule has 0 saturated carbocycles. The highest BCUT2D eigenvalue weighted by atomic mass is 16.6. The van der Waals surface area contributed by atoms with Crippen LogP contribution in [-0.2, 0) is 17.8 Å². The van der Waals surface area contributed by atoms with Crippen molar-refractivity contribution < 1.29 is 23.7 Å². The third kappa shape index (κ3) is 4.74. The molecule has 154 valence electrons. The van der Waals surface area contributed by atoms with Crippen LogP contribution in [0.2, 0.25) is 0 Å². The summed E-state index contributed by atoms with van der Waals surface area (Å²) in [4.78, 5) is 11.9. The molecule has 3 aromatic rings. The van der Waals surface area contributed by atoms with E-state index in [1.165, 1.54) is 0 Å². The van der Waals surface area contributed by atoms with Crippen LogP contribution in [0.1, 0.15) is 34.0 Å². The molecule has 0 N–H and O–H groups in total. The van der Waals surface area contributed by atoms with Gasteiger partial charge >= 0.3 is 5.97 Å². The molecule has 5 nitrogen and oxygen atoms in total. The first-order valence-corrected chi connectivity index (χ1v) is 10.1. The fraction of sp³-hybridized carbons (Fsp3) is 0.240. The molecular formula is C25H24O5. The number of carbonyl (C=O) groups is 1. The van der Waals surface area contributed by atoms with Gasteiger partial charge in [0.2, 0.25) is 0 Å². The smallest absolute Gasteiger partial charge is 0.338 e. The molecule has 1 aliphatic rings. The zero-order valence-electron chi connectivity index (χ0n) is 16.9. The minimum Gasteiger partial charge on any atom is -0.488 e. The molecule has 1 aliphatic heterocycles. The Bertz CT molecular complexity index is 996. The van der Waals surface area contributed by atoms with Crippen molar-refractivity contribution >= 4 is 5.97 Å². The molecule has 0 aliphatic carbocycles. The van der Waals surface area contributed by atoms with Gasteiger partial charge in [-0.25, -0.2) is 4.79 Å². The van der Waals surface area contributed by atoms with Gasteiger partial charge < -0.3 is 18.9 Å². The maximum absolute atomic E-state index is 11.9. The monoisotopic (exact) mass is 404 g/mol. The van der Waals surface area contributed by atoms with Crippen molar-refractivity contribution in [2.75, 3.05) is 19.8 Å². The summed E-state index contributed by atoms with van der Waals surface area (Å²) in [5, 5.41) is 0. The average Bonchev–Trinajstić information content (AvgIpc) is 2.79. The number of ether oxygens (including phenoxy) is 4. The third-order valence-corrected chi connectivity index (χ3v) is 4.82. The van der Waals surface area contributed by atoms with Crippen LogP contribution in [-0.4, -0.2) is 25.8 Å². The first-order valence-electron chi connectivity index (χ1n) is 10.1. The number of hydrogen-bond acceptors (Lipinski definition) is 5. The number of fused-ring (bicyclic) bond motifs is 1. The fourth-order valence-electron chi connectivity index (χ4n) is 3.31. The van der Waals surface area contributed by atoms with Crippen molar-refractivity contribution in [1.82, 2.24) is 0 Å². The molecule has 0 aromatic heterocycles. The third-order valence-electron chi connectivity index (χ3n) is 4.82. The van der Waals surface area contributed by atoms with Crippen molar-refractivity contribution in [1.29, 1.82) is 0 Å². The van der Waals surface area contributed by atoms with Crippen LogP contribution in [0, 0.1) is 0 Å². The number of benzene rings is 3. The van der Waals surface area contributed by atoms with Gasteiger partial charge in [0.25, 0.3) is 0 Å². The first kappa shape index (κ1) is 19.8.